The van der Waals surface area contributed by atoms with Crippen LogP contribution in [0.1, 0.15) is 10.5 Å². The van der Waals surface area contributed by atoms with Gasteiger partial charge >= 0.3 is 5.97 Å². The minimum absolute atomic E-state index is 0.352. The molecule has 1 aromatic carbocycles. The molecule has 0 saturated heterocycles. The number of hydrogen-bond donors (Lipinski definition) is 1. The fourth-order valence-electron chi connectivity index (χ4n) is 1.82. The molecule has 4 heteroatoms. The molecule has 0 amide bonds. The van der Waals surface area contributed by atoms with Gasteiger partial charge in [0, 0.05) is 24.5 Å². The highest BCUT2D eigenvalue weighted by atomic mass is 16.5. The lowest BCUT2D eigenvalue weighted by Gasteiger charge is -2.06. The number of nitrogens with zero attached hydrogens (tertiary/aromatic N) is 1. The zero-order valence-corrected chi connectivity index (χ0v) is 9.81. The molecule has 0 aliphatic carbocycles. The Kier molecular flexibility index (Phi) is 2.87. The maximum atomic E-state index is 11.7. The van der Waals surface area contributed by atoms with Crippen LogP contribution in [0.2, 0.25) is 0 Å². The number of hydrogen-bond acceptors (Lipinski definition) is 3. The smallest absolute Gasteiger partial charge is 0.355 e. The van der Waals surface area contributed by atoms with Crippen molar-refractivity contribution in [2.45, 2.75) is 0 Å². The van der Waals surface area contributed by atoms with Gasteiger partial charge in [0.1, 0.15) is 5.69 Å². The first-order valence-electron chi connectivity index (χ1n) is 5.23. The highest BCUT2D eigenvalue weighted by Gasteiger charge is 2.17. The first kappa shape index (κ1) is 11.3. The summed E-state index contributed by atoms with van der Waals surface area (Å²) in [5.74, 6) is -0.352. The molecule has 1 heterocycles. The Labute approximate surface area is 99.6 Å². The molecule has 0 spiro atoms. The maximum absolute atomic E-state index is 11.7. The number of nitrogens with two attached hydrogens (primary N) is 1. The molecule has 0 bridgehead atoms. The van der Waals surface area contributed by atoms with E-state index < -0.39 is 0 Å². The number of esters is 1. The summed E-state index contributed by atoms with van der Waals surface area (Å²) in [5.41, 5.74) is 8.67. The van der Waals surface area contributed by atoms with Crippen LogP contribution >= 0.6 is 0 Å². The molecule has 0 fully saturated rings. The molecule has 2 aromatic rings. The Morgan fingerprint density at radius 2 is 2.12 bits per heavy atom. The van der Waals surface area contributed by atoms with Crippen molar-refractivity contribution in [2.24, 2.45) is 7.05 Å². The van der Waals surface area contributed by atoms with Gasteiger partial charge < -0.3 is 15.0 Å². The highest BCUT2D eigenvalue weighted by molar-refractivity contribution is 5.96. The number of anilines is 1. The first-order chi connectivity index (χ1) is 8.13. The molecule has 1 aromatic heterocycles. The summed E-state index contributed by atoms with van der Waals surface area (Å²) < 4.78 is 6.52. The van der Waals surface area contributed by atoms with Crippen molar-refractivity contribution in [1.82, 2.24) is 4.57 Å². The molecule has 17 heavy (non-hydrogen) atoms. The second-order valence-electron chi connectivity index (χ2n) is 3.81. The summed E-state index contributed by atoms with van der Waals surface area (Å²) >= 11 is 0. The molecule has 4 nitrogen and oxygen atoms in total. The minimum Gasteiger partial charge on any atom is -0.464 e. The van der Waals surface area contributed by atoms with Crippen molar-refractivity contribution in [2.75, 3.05) is 12.8 Å². The molecule has 0 aliphatic rings. The van der Waals surface area contributed by atoms with Crippen LogP contribution in [-0.4, -0.2) is 17.6 Å². The molecule has 0 saturated carbocycles. The fourth-order valence-corrected chi connectivity index (χ4v) is 1.82. The predicted octanol–water partition coefficient (Wildman–Crippen LogP) is 2.06. The number of rotatable bonds is 2. The monoisotopic (exact) mass is 230 g/mol. The van der Waals surface area contributed by atoms with E-state index in [-0.39, 0.29) is 5.97 Å². The van der Waals surface area contributed by atoms with E-state index in [9.17, 15) is 4.79 Å². The van der Waals surface area contributed by atoms with Crippen molar-refractivity contribution in [3.05, 3.63) is 42.2 Å². The standard InChI is InChI=1S/C13H14N2O2/c1-15-7-6-11(12(15)13(16)17-2)9-4-3-5-10(14)8-9/h3-8H,14H2,1-2H3. The van der Waals surface area contributed by atoms with Crippen molar-refractivity contribution in [3.63, 3.8) is 0 Å². The lowest BCUT2D eigenvalue weighted by molar-refractivity contribution is 0.0591. The summed E-state index contributed by atoms with van der Waals surface area (Å²) in [4.78, 5) is 11.7. The zero-order valence-electron chi connectivity index (χ0n) is 9.81. The van der Waals surface area contributed by atoms with Crippen molar-refractivity contribution in [1.29, 1.82) is 0 Å². The van der Waals surface area contributed by atoms with Crippen LogP contribution in [0.25, 0.3) is 11.1 Å². The van der Waals surface area contributed by atoms with Crippen LogP contribution < -0.4 is 5.73 Å². The molecular weight excluding hydrogens is 216 g/mol. The average Bonchev–Trinajstić information content (AvgIpc) is 2.70. The largest absolute Gasteiger partial charge is 0.464 e. The number of nitrogen functional groups attached to an aromatic ring is 1. The number of aromatic nitrogens is 1. The number of methoxy groups -OCH3 is 1. The quantitative estimate of drug-likeness (QED) is 0.634. The van der Waals surface area contributed by atoms with Gasteiger partial charge in [0.25, 0.3) is 0 Å². The first-order valence-corrected chi connectivity index (χ1v) is 5.23. The van der Waals surface area contributed by atoms with E-state index in [1.807, 2.05) is 43.6 Å². The Bertz CT molecular complexity index is 558. The summed E-state index contributed by atoms with van der Waals surface area (Å²) in [7, 11) is 3.18. The molecule has 0 radical (unpaired) electrons. The van der Waals surface area contributed by atoms with Crippen LogP contribution in [0.15, 0.2) is 36.5 Å². The van der Waals surface area contributed by atoms with Gasteiger partial charge in [-0.25, -0.2) is 4.79 Å². The Morgan fingerprint density at radius 1 is 1.35 bits per heavy atom. The van der Waals surface area contributed by atoms with Gasteiger partial charge in [-0.3, -0.25) is 0 Å². The van der Waals surface area contributed by atoms with Crippen molar-refractivity contribution in [3.8, 4) is 11.1 Å². The fraction of sp³-hybridized carbons (Fsp3) is 0.154. The topological polar surface area (TPSA) is 57.2 Å². The second kappa shape index (κ2) is 4.33. The number of carbonyl (C=O) groups excluding carboxylic acids is 1. The average molecular weight is 230 g/mol. The summed E-state index contributed by atoms with van der Waals surface area (Å²) in [6, 6.07) is 9.30. The summed E-state index contributed by atoms with van der Waals surface area (Å²) in [5, 5.41) is 0. The van der Waals surface area contributed by atoms with E-state index in [2.05, 4.69) is 0 Å². The third-order valence-electron chi connectivity index (χ3n) is 2.65. The van der Waals surface area contributed by atoms with Gasteiger partial charge in [-0.15, -0.1) is 0 Å². The van der Waals surface area contributed by atoms with E-state index in [1.165, 1.54) is 7.11 Å². The number of benzene rings is 1. The summed E-state index contributed by atoms with van der Waals surface area (Å²) in [6.07, 6.45) is 1.82. The lowest BCUT2D eigenvalue weighted by Crippen LogP contribution is -2.08. The van der Waals surface area contributed by atoms with Crippen LogP contribution in [-0.2, 0) is 11.8 Å². The number of aryl methyl sites for hydroxylation is 1. The Hall–Kier alpha value is -2.23. The van der Waals surface area contributed by atoms with Gasteiger partial charge in [-0.2, -0.15) is 0 Å². The SMILES string of the molecule is COC(=O)c1c(-c2cccc(N)c2)ccn1C. The van der Waals surface area contributed by atoms with Crippen LogP contribution in [0.5, 0.6) is 0 Å². The van der Waals surface area contributed by atoms with Crippen LogP contribution in [0.3, 0.4) is 0 Å². The van der Waals surface area contributed by atoms with E-state index in [0.717, 1.165) is 11.1 Å². The number of carbonyl (C=O) groups is 1. The molecule has 88 valence electrons. The normalized spacial score (nSPS) is 10.2. The van der Waals surface area contributed by atoms with E-state index in [1.54, 1.807) is 4.57 Å². The molecule has 0 atom stereocenters. The van der Waals surface area contributed by atoms with Gasteiger partial charge in [-0.1, -0.05) is 12.1 Å². The molecule has 2 N–H and O–H groups in total. The second-order valence-corrected chi connectivity index (χ2v) is 3.81. The van der Waals surface area contributed by atoms with Gasteiger partial charge in [0.15, 0.2) is 0 Å². The maximum Gasteiger partial charge on any atom is 0.355 e. The van der Waals surface area contributed by atoms with Gasteiger partial charge in [0.2, 0.25) is 0 Å². The minimum atomic E-state index is -0.352. The van der Waals surface area contributed by atoms with E-state index in [4.69, 9.17) is 10.5 Å². The molecule has 0 aliphatic heterocycles. The zero-order chi connectivity index (χ0) is 12.4. The predicted molar refractivity (Wildman–Crippen MR) is 66.6 cm³/mol. The number of ether oxygens (including phenoxy) is 1. The lowest BCUT2D eigenvalue weighted by atomic mass is 10.1. The van der Waals surface area contributed by atoms with E-state index >= 15 is 0 Å². The molecule has 0 unspecified atom stereocenters. The third kappa shape index (κ3) is 2.01. The van der Waals surface area contributed by atoms with Crippen LogP contribution in [0, 0.1) is 0 Å². The molecule has 2 rings (SSSR count). The molecular formula is C13H14N2O2. The Balaban J connectivity index is 2.57. The van der Waals surface area contributed by atoms with Crippen LogP contribution in [0.4, 0.5) is 5.69 Å². The van der Waals surface area contributed by atoms with Crippen molar-refractivity contribution < 1.29 is 9.53 Å². The van der Waals surface area contributed by atoms with E-state index in [0.29, 0.717) is 11.4 Å². The van der Waals surface area contributed by atoms with Gasteiger partial charge in [0.05, 0.1) is 7.11 Å². The Morgan fingerprint density at radius 3 is 2.76 bits per heavy atom. The highest BCUT2D eigenvalue weighted by Crippen LogP contribution is 2.26. The van der Waals surface area contributed by atoms with Crippen molar-refractivity contribution >= 4 is 11.7 Å². The third-order valence-corrected chi connectivity index (χ3v) is 2.65. The summed E-state index contributed by atoms with van der Waals surface area (Å²) in [6.45, 7) is 0. The van der Waals surface area contributed by atoms with Gasteiger partial charge in [-0.05, 0) is 23.8 Å².